The van der Waals surface area contributed by atoms with Crippen LogP contribution in [0.5, 0.6) is 5.75 Å². The van der Waals surface area contributed by atoms with Crippen LogP contribution >= 0.6 is 11.8 Å². The number of thioether (sulfide) groups is 1. The molecule has 0 saturated carbocycles. The molecule has 2 amide bonds. The minimum absolute atomic E-state index is 0.171. The van der Waals surface area contributed by atoms with Crippen molar-refractivity contribution in [3.05, 3.63) is 41.5 Å². The predicted molar refractivity (Wildman–Crippen MR) is 86.1 cm³/mol. The summed E-state index contributed by atoms with van der Waals surface area (Å²) >= 11 is 1.62. The van der Waals surface area contributed by atoms with Crippen LogP contribution in [0.1, 0.15) is 17.3 Å². The van der Waals surface area contributed by atoms with Gasteiger partial charge in [0.2, 0.25) is 5.89 Å². The monoisotopic (exact) mass is 334 g/mol. The minimum atomic E-state index is -0.171. The Labute approximate surface area is 138 Å². The highest BCUT2D eigenvalue weighted by molar-refractivity contribution is 7.97. The van der Waals surface area contributed by atoms with E-state index in [1.807, 2.05) is 30.5 Å². The molecule has 1 aromatic heterocycles. The molecule has 0 fully saturated rings. The zero-order valence-electron chi connectivity index (χ0n) is 12.8. The lowest BCUT2D eigenvalue weighted by Gasteiger charge is -2.19. The second-order valence-electron chi connectivity index (χ2n) is 5.07. The SMILES string of the molecule is CSCc1noc(CNC(=O)N2CCOc3ccccc3C2)n1. The molecule has 0 radical (unpaired) electrons. The number of ether oxygens (including phenoxy) is 1. The van der Waals surface area contributed by atoms with E-state index in [9.17, 15) is 4.79 Å². The summed E-state index contributed by atoms with van der Waals surface area (Å²) in [5.74, 6) is 2.58. The first-order chi connectivity index (χ1) is 11.3. The van der Waals surface area contributed by atoms with Gasteiger partial charge in [0, 0.05) is 5.56 Å². The smallest absolute Gasteiger partial charge is 0.318 e. The number of nitrogens with one attached hydrogen (secondary N) is 1. The van der Waals surface area contributed by atoms with Crippen molar-refractivity contribution in [1.82, 2.24) is 20.4 Å². The van der Waals surface area contributed by atoms with E-state index in [2.05, 4.69) is 15.5 Å². The van der Waals surface area contributed by atoms with E-state index >= 15 is 0 Å². The van der Waals surface area contributed by atoms with Gasteiger partial charge in [-0.3, -0.25) is 0 Å². The second kappa shape index (κ2) is 7.36. The quantitative estimate of drug-likeness (QED) is 0.921. The van der Waals surface area contributed by atoms with E-state index in [0.29, 0.717) is 37.2 Å². The normalized spacial score (nSPS) is 13.9. The van der Waals surface area contributed by atoms with E-state index in [4.69, 9.17) is 9.26 Å². The van der Waals surface area contributed by atoms with Crippen LogP contribution in [-0.4, -0.2) is 40.5 Å². The van der Waals surface area contributed by atoms with Crippen LogP contribution in [0.25, 0.3) is 0 Å². The van der Waals surface area contributed by atoms with Crippen LogP contribution in [0.4, 0.5) is 4.79 Å². The second-order valence-corrected chi connectivity index (χ2v) is 5.94. The predicted octanol–water partition coefficient (Wildman–Crippen LogP) is 2.04. The van der Waals surface area contributed by atoms with Crippen LogP contribution in [0, 0.1) is 0 Å². The van der Waals surface area contributed by atoms with E-state index in [0.717, 1.165) is 11.3 Å². The fourth-order valence-electron chi connectivity index (χ4n) is 2.31. The number of fused-ring (bicyclic) bond motifs is 1. The Balaban J connectivity index is 1.57. The van der Waals surface area contributed by atoms with Crippen LogP contribution in [0.15, 0.2) is 28.8 Å². The Kier molecular flexibility index (Phi) is 5.02. The first-order valence-corrected chi connectivity index (χ1v) is 8.69. The number of nitrogens with zero attached hydrogens (tertiary/aromatic N) is 3. The fourth-order valence-corrected chi connectivity index (χ4v) is 2.69. The number of aromatic nitrogens is 2. The highest BCUT2D eigenvalue weighted by Gasteiger charge is 2.19. The van der Waals surface area contributed by atoms with Gasteiger partial charge >= 0.3 is 6.03 Å². The lowest BCUT2D eigenvalue weighted by Crippen LogP contribution is -2.40. The van der Waals surface area contributed by atoms with Gasteiger partial charge in [-0.25, -0.2) is 4.79 Å². The third-order valence-electron chi connectivity index (χ3n) is 3.41. The van der Waals surface area contributed by atoms with Crippen molar-refractivity contribution in [1.29, 1.82) is 0 Å². The summed E-state index contributed by atoms with van der Waals surface area (Å²) in [7, 11) is 0. The van der Waals surface area contributed by atoms with Crippen molar-refractivity contribution >= 4 is 17.8 Å². The Morgan fingerprint density at radius 2 is 2.30 bits per heavy atom. The number of carbonyl (C=O) groups excluding carboxylic acids is 1. The number of hydrogen-bond donors (Lipinski definition) is 1. The number of para-hydroxylation sites is 1. The molecular formula is C15H18N4O3S. The Bertz CT molecular complexity index is 676. The maximum Gasteiger partial charge on any atom is 0.318 e. The summed E-state index contributed by atoms with van der Waals surface area (Å²) in [5, 5.41) is 6.66. The number of benzene rings is 1. The van der Waals surface area contributed by atoms with Crippen molar-refractivity contribution in [3.8, 4) is 5.75 Å². The average molecular weight is 334 g/mol. The summed E-state index contributed by atoms with van der Waals surface area (Å²) in [5.41, 5.74) is 1.00. The number of hydrogen-bond acceptors (Lipinski definition) is 6. The van der Waals surface area contributed by atoms with Crippen molar-refractivity contribution in [2.75, 3.05) is 19.4 Å². The van der Waals surface area contributed by atoms with Gasteiger partial charge in [0.15, 0.2) is 5.82 Å². The van der Waals surface area contributed by atoms with Gasteiger partial charge < -0.3 is 19.5 Å². The molecule has 0 saturated heterocycles. The topological polar surface area (TPSA) is 80.5 Å². The first kappa shape index (κ1) is 15.7. The van der Waals surface area contributed by atoms with Crippen molar-refractivity contribution in [2.24, 2.45) is 0 Å². The molecule has 1 aliphatic heterocycles. The molecule has 0 atom stereocenters. The van der Waals surface area contributed by atoms with E-state index in [1.165, 1.54) is 0 Å². The summed E-state index contributed by atoms with van der Waals surface area (Å²) in [6, 6.07) is 7.58. The van der Waals surface area contributed by atoms with Crippen LogP contribution < -0.4 is 10.1 Å². The lowest BCUT2D eigenvalue weighted by molar-refractivity contribution is 0.186. The third kappa shape index (κ3) is 3.95. The maximum atomic E-state index is 12.3. The van der Waals surface area contributed by atoms with Gasteiger partial charge in [-0.2, -0.15) is 16.7 Å². The molecule has 122 valence electrons. The van der Waals surface area contributed by atoms with Gasteiger partial charge in [-0.05, 0) is 12.3 Å². The zero-order chi connectivity index (χ0) is 16.1. The molecule has 2 aromatic rings. The van der Waals surface area contributed by atoms with Crippen LogP contribution in [0.3, 0.4) is 0 Å². The molecule has 1 aromatic carbocycles. The van der Waals surface area contributed by atoms with Gasteiger partial charge in [0.05, 0.1) is 25.4 Å². The number of amides is 2. The fraction of sp³-hybridized carbons (Fsp3) is 0.400. The molecule has 1 aliphatic rings. The zero-order valence-corrected chi connectivity index (χ0v) is 13.6. The molecule has 1 N–H and O–H groups in total. The number of rotatable bonds is 4. The molecule has 0 unspecified atom stereocenters. The molecule has 0 spiro atoms. The van der Waals surface area contributed by atoms with E-state index in [-0.39, 0.29) is 12.6 Å². The Morgan fingerprint density at radius 1 is 1.43 bits per heavy atom. The lowest BCUT2D eigenvalue weighted by atomic mass is 10.2. The Hall–Kier alpha value is -2.22. The molecule has 8 heteroatoms. The highest BCUT2D eigenvalue weighted by Crippen LogP contribution is 2.22. The summed E-state index contributed by atoms with van der Waals surface area (Å²) in [6.45, 7) is 1.74. The van der Waals surface area contributed by atoms with Crippen LogP contribution in [-0.2, 0) is 18.8 Å². The largest absolute Gasteiger partial charge is 0.491 e. The maximum absolute atomic E-state index is 12.3. The Morgan fingerprint density at radius 3 is 3.17 bits per heavy atom. The highest BCUT2D eigenvalue weighted by atomic mass is 32.2. The molecule has 3 rings (SSSR count). The molecule has 23 heavy (non-hydrogen) atoms. The number of urea groups is 1. The summed E-state index contributed by atoms with van der Waals surface area (Å²) < 4.78 is 10.8. The van der Waals surface area contributed by atoms with Gasteiger partial charge in [0.1, 0.15) is 12.4 Å². The van der Waals surface area contributed by atoms with Gasteiger partial charge in [0.25, 0.3) is 0 Å². The third-order valence-corrected chi connectivity index (χ3v) is 3.96. The average Bonchev–Trinajstić information content (AvgIpc) is 2.89. The molecule has 7 nitrogen and oxygen atoms in total. The number of carbonyl (C=O) groups is 1. The summed E-state index contributed by atoms with van der Waals surface area (Å²) in [4.78, 5) is 18.3. The molecular weight excluding hydrogens is 316 g/mol. The van der Waals surface area contributed by atoms with Gasteiger partial charge in [-0.15, -0.1) is 0 Å². The molecule has 0 aliphatic carbocycles. The van der Waals surface area contributed by atoms with E-state index < -0.39 is 0 Å². The van der Waals surface area contributed by atoms with Crippen molar-refractivity contribution in [3.63, 3.8) is 0 Å². The van der Waals surface area contributed by atoms with E-state index in [1.54, 1.807) is 16.7 Å². The summed E-state index contributed by atoms with van der Waals surface area (Å²) in [6.07, 6.45) is 1.97. The first-order valence-electron chi connectivity index (χ1n) is 7.30. The standard InChI is InChI=1S/C15H18N4O3S/c1-23-10-13-17-14(22-18-13)8-16-15(20)19-6-7-21-12-5-3-2-4-11(12)9-19/h2-5H,6-10H2,1H3,(H,16,20). The minimum Gasteiger partial charge on any atom is -0.491 e. The van der Waals surface area contributed by atoms with Crippen molar-refractivity contribution in [2.45, 2.75) is 18.8 Å². The van der Waals surface area contributed by atoms with Crippen molar-refractivity contribution < 1.29 is 14.1 Å². The van der Waals surface area contributed by atoms with Crippen LogP contribution in [0.2, 0.25) is 0 Å². The van der Waals surface area contributed by atoms with Gasteiger partial charge in [-0.1, -0.05) is 23.4 Å². The molecule has 2 heterocycles. The molecule has 0 bridgehead atoms.